The summed E-state index contributed by atoms with van der Waals surface area (Å²) in [7, 11) is 0. The van der Waals surface area contributed by atoms with E-state index < -0.39 is 0 Å². The van der Waals surface area contributed by atoms with E-state index in [-0.39, 0.29) is 11.7 Å². The van der Waals surface area contributed by atoms with Gasteiger partial charge < -0.3 is 14.8 Å². The number of fused-ring (bicyclic) bond motifs is 2. The van der Waals surface area contributed by atoms with Crippen molar-refractivity contribution in [3.8, 4) is 11.4 Å². The molecule has 0 aliphatic carbocycles. The number of aromatic nitrogens is 2. The number of carbonyl (C=O) groups is 1. The Morgan fingerprint density at radius 3 is 2.73 bits per heavy atom. The Morgan fingerprint density at radius 1 is 1.07 bits per heavy atom. The fraction of sp³-hybridized carbons (Fsp3) is 0.212. The number of nitrogens with zero attached hydrogens (tertiary/aromatic N) is 2. The van der Waals surface area contributed by atoms with Crippen LogP contribution in [0.5, 0.6) is 5.75 Å². The second kappa shape index (κ2) is 11.4. The van der Waals surface area contributed by atoms with E-state index in [9.17, 15) is 4.79 Å². The number of halogens is 1. The molecule has 1 N–H and O–H groups in total. The second-order valence-corrected chi connectivity index (χ2v) is 11.6. The van der Waals surface area contributed by atoms with E-state index in [1.54, 1.807) is 18.7 Å². The van der Waals surface area contributed by atoms with Crippen LogP contribution in [0.15, 0.2) is 90.1 Å². The lowest BCUT2D eigenvalue weighted by molar-refractivity contribution is -0.117. The van der Waals surface area contributed by atoms with Gasteiger partial charge in [0, 0.05) is 47.0 Å². The smallest absolute Gasteiger partial charge is 0.174 e. The number of hydrogen-bond donors (Lipinski definition) is 1. The van der Waals surface area contributed by atoms with Crippen molar-refractivity contribution in [3.63, 3.8) is 0 Å². The summed E-state index contributed by atoms with van der Waals surface area (Å²) < 4.78 is 8.17. The molecule has 7 heteroatoms. The summed E-state index contributed by atoms with van der Waals surface area (Å²) >= 11 is 7.81. The lowest BCUT2D eigenvalue weighted by Crippen LogP contribution is -2.06. The number of Topliss-reactive ketones (excluding diaryl/α,β-unsaturated/α-hetero) is 1. The molecule has 2 heterocycles. The van der Waals surface area contributed by atoms with Crippen molar-refractivity contribution < 1.29 is 9.53 Å². The van der Waals surface area contributed by atoms with Gasteiger partial charge in [-0.1, -0.05) is 65.8 Å². The maximum atomic E-state index is 11.6. The Labute approximate surface area is 243 Å². The first kappa shape index (κ1) is 26.5. The minimum absolute atomic E-state index is 0.150. The van der Waals surface area contributed by atoms with Gasteiger partial charge in [0.2, 0.25) is 0 Å². The minimum Gasteiger partial charge on any atom is -0.493 e. The molecule has 6 rings (SSSR count). The quantitative estimate of drug-likeness (QED) is 0.181. The largest absolute Gasteiger partial charge is 0.493 e. The van der Waals surface area contributed by atoms with Gasteiger partial charge in [-0.2, -0.15) is 0 Å². The van der Waals surface area contributed by atoms with Crippen LogP contribution >= 0.6 is 23.4 Å². The summed E-state index contributed by atoms with van der Waals surface area (Å²) in [5, 5.41) is 5.28. The number of benzene rings is 4. The van der Waals surface area contributed by atoms with Crippen molar-refractivity contribution in [2.75, 3.05) is 11.9 Å². The topological polar surface area (TPSA) is 56.1 Å². The molecule has 0 radical (unpaired) electrons. The SMILES string of the molecule is CC(=O)CC1COc2cc(NCc3cccc(-n4c(SCc5ccc(Cl)cc5)nc5ccccc54)c3C)ccc21. The second-order valence-electron chi connectivity index (χ2n) is 10.2. The monoisotopic (exact) mass is 567 g/mol. The number of hydrogen-bond acceptors (Lipinski definition) is 5. The fourth-order valence-electron chi connectivity index (χ4n) is 5.27. The Kier molecular flexibility index (Phi) is 7.55. The lowest BCUT2D eigenvalue weighted by atomic mass is 9.96. The molecule has 1 aliphatic rings. The number of ether oxygens (including phenoxy) is 1. The van der Waals surface area contributed by atoms with Crippen LogP contribution in [0.25, 0.3) is 16.7 Å². The summed E-state index contributed by atoms with van der Waals surface area (Å²) in [6.45, 7) is 5.05. The van der Waals surface area contributed by atoms with Gasteiger partial charge in [-0.15, -0.1) is 0 Å². The third-order valence-corrected chi connectivity index (χ3v) is 8.64. The highest BCUT2D eigenvalue weighted by atomic mass is 35.5. The van der Waals surface area contributed by atoms with Gasteiger partial charge in [0.15, 0.2) is 5.16 Å². The molecule has 0 spiro atoms. The molecule has 5 aromatic rings. The third-order valence-electron chi connectivity index (χ3n) is 7.38. The predicted octanol–water partition coefficient (Wildman–Crippen LogP) is 8.35. The molecule has 4 aromatic carbocycles. The molecule has 1 aliphatic heterocycles. The van der Waals surface area contributed by atoms with E-state index in [1.807, 2.05) is 24.3 Å². The number of rotatable bonds is 9. The molecule has 1 atom stereocenters. The number of imidazole rings is 1. The van der Waals surface area contributed by atoms with Gasteiger partial charge in [0.05, 0.1) is 23.3 Å². The highest BCUT2D eigenvalue weighted by molar-refractivity contribution is 7.98. The zero-order valence-electron chi connectivity index (χ0n) is 22.5. The standard InChI is InChI=1S/C33H30ClN3O2S/c1-21(38)16-25-19-39-32-17-27(14-15-28(25)32)35-18-24-6-5-9-30(22(24)2)37-31-8-4-3-7-29(31)36-33(37)40-20-23-10-12-26(34)13-11-23/h3-15,17,25,35H,16,18-20H2,1-2H3. The van der Waals surface area contributed by atoms with Gasteiger partial charge in [-0.05, 0) is 66.9 Å². The number of nitrogens with one attached hydrogen (secondary N) is 1. The van der Waals surface area contributed by atoms with Crippen LogP contribution in [0.3, 0.4) is 0 Å². The Morgan fingerprint density at radius 2 is 1.90 bits per heavy atom. The molecule has 202 valence electrons. The highest BCUT2D eigenvalue weighted by Gasteiger charge is 2.25. The molecule has 0 amide bonds. The van der Waals surface area contributed by atoms with E-state index in [4.69, 9.17) is 21.3 Å². The van der Waals surface area contributed by atoms with Crippen molar-refractivity contribution in [1.29, 1.82) is 0 Å². The van der Waals surface area contributed by atoms with Gasteiger partial charge in [0.25, 0.3) is 0 Å². The first-order valence-corrected chi connectivity index (χ1v) is 14.8. The van der Waals surface area contributed by atoms with Crippen LogP contribution in [-0.4, -0.2) is 21.9 Å². The van der Waals surface area contributed by atoms with Crippen LogP contribution < -0.4 is 10.1 Å². The summed E-state index contributed by atoms with van der Waals surface area (Å²) in [6, 6.07) is 28.9. The molecule has 40 heavy (non-hydrogen) atoms. The number of thioether (sulfide) groups is 1. The Hall–Kier alpha value is -3.74. The molecular weight excluding hydrogens is 538 g/mol. The van der Waals surface area contributed by atoms with Crippen LogP contribution in [0.4, 0.5) is 5.69 Å². The van der Waals surface area contributed by atoms with E-state index in [2.05, 4.69) is 77.5 Å². The lowest BCUT2D eigenvalue weighted by Gasteiger charge is -2.16. The zero-order valence-corrected chi connectivity index (χ0v) is 24.1. The average molecular weight is 568 g/mol. The molecule has 0 saturated heterocycles. The zero-order chi connectivity index (χ0) is 27.6. The maximum absolute atomic E-state index is 11.6. The van der Waals surface area contributed by atoms with Gasteiger partial charge in [-0.25, -0.2) is 4.98 Å². The Balaban J connectivity index is 1.25. The minimum atomic E-state index is 0.150. The first-order chi connectivity index (χ1) is 19.5. The predicted molar refractivity (Wildman–Crippen MR) is 164 cm³/mol. The van der Waals surface area contributed by atoms with E-state index in [0.29, 0.717) is 19.6 Å². The maximum Gasteiger partial charge on any atom is 0.174 e. The molecule has 5 nitrogen and oxygen atoms in total. The average Bonchev–Trinajstić information content (AvgIpc) is 3.52. The molecule has 0 saturated carbocycles. The van der Waals surface area contributed by atoms with Crippen LogP contribution in [0.1, 0.15) is 41.5 Å². The number of anilines is 1. The summed E-state index contributed by atoms with van der Waals surface area (Å²) in [4.78, 5) is 16.6. The summed E-state index contributed by atoms with van der Waals surface area (Å²) in [6.07, 6.45) is 0.522. The Bertz CT molecular complexity index is 1700. The molecule has 0 bridgehead atoms. The van der Waals surface area contributed by atoms with Crippen LogP contribution in [0, 0.1) is 6.92 Å². The molecule has 1 aromatic heterocycles. The van der Waals surface area contributed by atoms with Crippen molar-refractivity contribution in [2.45, 2.75) is 43.6 Å². The normalized spacial score (nSPS) is 14.2. The van der Waals surface area contributed by atoms with E-state index in [0.717, 1.165) is 49.7 Å². The first-order valence-electron chi connectivity index (χ1n) is 13.4. The van der Waals surface area contributed by atoms with Crippen molar-refractivity contribution in [2.24, 2.45) is 0 Å². The van der Waals surface area contributed by atoms with E-state index in [1.165, 1.54) is 16.7 Å². The van der Waals surface area contributed by atoms with Gasteiger partial charge in [0.1, 0.15) is 11.5 Å². The molecule has 0 fully saturated rings. The third kappa shape index (κ3) is 5.47. The number of para-hydroxylation sites is 2. The van der Waals surface area contributed by atoms with Crippen LogP contribution in [-0.2, 0) is 17.1 Å². The van der Waals surface area contributed by atoms with Crippen molar-refractivity contribution in [1.82, 2.24) is 9.55 Å². The molecule has 1 unspecified atom stereocenters. The summed E-state index contributed by atoms with van der Waals surface area (Å²) in [5.41, 5.74) is 8.92. The van der Waals surface area contributed by atoms with Crippen molar-refractivity contribution in [3.05, 3.63) is 112 Å². The fourth-order valence-corrected chi connectivity index (χ4v) is 6.37. The highest BCUT2D eigenvalue weighted by Crippen LogP contribution is 2.38. The number of ketones is 1. The summed E-state index contributed by atoms with van der Waals surface area (Å²) in [5.74, 6) is 2.01. The number of carbonyl (C=O) groups excluding carboxylic acids is 1. The van der Waals surface area contributed by atoms with Gasteiger partial charge >= 0.3 is 0 Å². The van der Waals surface area contributed by atoms with Crippen LogP contribution in [0.2, 0.25) is 5.02 Å². The van der Waals surface area contributed by atoms with Crippen molar-refractivity contribution >= 4 is 45.9 Å². The van der Waals surface area contributed by atoms with E-state index >= 15 is 0 Å². The molecular formula is C33H30ClN3O2S. The van der Waals surface area contributed by atoms with Gasteiger partial charge in [-0.3, -0.25) is 4.57 Å².